The zero-order valence-electron chi connectivity index (χ0n) is 23.2. The number of carbonyl (C=O) groups is 2. The van der Waals surface area contributed by atoms with Crippen LogP contribution in [0.5, 0.6) is 0 Å². The molecule has 1 aliphatic rings. The Hall–Kier alpha value is -4.65. The molecule has 0 saturated carbocycles. The number of halogens is 6. The number of sulfone groups is 1. The van der Waals surface area contributed by atoms with Crippen LogP contribution in [0, 0.1) is 11.3 Å². The summed E-state index contributed by atoms with van der Waals surface area (Å²) in [4.78, 5) is 27.1. The van der Waals surface area contributed by atoms with Gasteiger partial charge in [0.15, 0.2) is 9.84 Å². The number of aromatic nitrogens is 2. The summed E-state index contributed by atoms with van der Waals surface area (Å²) >= 11 is 0. The van der Waals surface area contributed by atoms with Crippen molar-refractivity contribution in [2.24, 2.45) is 0 Å². The topological polar surface area (TPSA) is 116 Å². The van der Waals surface area contributed by atoms with Crippen LogP contribution in [0.15, 0.2) is 65.8 Å². The summed E-state index contributed by atoms with van der Waals surface area (Å²) in [5, 5.41) is 13.1. The predicted octanol–water partition coefficient (Wildman–Crippen LogP) is 5.67. The molecule has 9 nitrogen and oxygen atoms in total. The third-order valence-corrected chi connectivity index (χ3v) is 8.06. The van der Waals surface area contributed by atoms with Gasteiger partial charge in [-0.2, -0.15) is 36.7 Å². The van der Waals surface area contributed by atoms with Gasteiger partial charge in [-0.3, -0.25) is 9.48 Å². The van der Waals surface area contributed by atoms with Gasteiger partial charge in [-0.1, -0.05) is 18.2 Å². The Morgan fingerprint density at radius 1 is 0.932 bits per heavy atom. The van der Waals surface area contributed by atoms with Gasteiger partial charge in [0.2, 0.25) is 0 Å². The summed E-state index contributed by atoms with van der Waals surface area (Å²) in [7, 11) is -4.27. The van der Waals surface area contributed by atoms with E-state index in [0.717, 1.165) is 23.1 Å². The zero-order valence-corrected chi connectivity index (χ0v) is 24.0. The second-order valence-electron chi connectivity index (χ2n) is 10.3. The van der Waals surface area contributed by atoms with E-state index in [1.807, 2.05) is 0 Å². The molecule has 2 aromatic carbocycles. The smallest absolute Gasteiger partial charge is 0.306 e. The number of nitrogens with zero attached hydrogens (tertiary/aromatic N) is 5. The van der Waals surface area contributed by atoms with Crippen molar-refractivity contribution in [3.05, 3.63) is 77.6 Å². The van der Waals surface area contributed by atoms with Crippen LogP contribution in [0.25, 0.3) is 11.1 Å². The lowest BCUT2D eigenvalue weighted by Gasteiger charge is -2.26. The molecular formula is C28H23F6N5O4S. The molecule has 0 unspecified atom stereocenters. The van der Waals surface area contributed by atoms with Gasteiger partial charge < -0.3 is 4.90 Å². The van der Waals surface area contributed by atoms with E-state index in [-0.39, 0.29) is 18.7 Å². The molecule has 0 atom stereocenters. The average Bonchev–Trinajstić information content (AvgIpc) is 3.45. The van der Waals surface area contributed by atoms with Crippen LogP contribution in [0.3, 0.4) is 0 Å². The molecule has 2 heterocycles. The highest BCUT2D eigenvalue weighted by atomic mass is 32.2. The fourth-order valence-electron chi connectivity index (χ4n) is 4.60. The molecule has 44 heavy (non-hydrogen) atoms. The highest BCUT2D eigenvalue weighted by Gasteiger charge is 2.52. The molecule has 232 valence electrons. The zero-order chi connectivity index (χ0) is 32.8. The van der Waals surface area contributed by atoms with Gasteiger partial charge in [-0.15, -0.1) is 0 Å². The number of imide groups is 1. The Morgan fingerprint density at radius 3 is 2.16 bits per heavy atom. The van der Waals surface area contributed by atoms with Crippen molar-refractivity contribution in [2.45, 2.75) is 43.2 Å². The Bertz CT molecular complexity index is 1820. The highest BCUT2D eigenvalue weighted by molar-refractivity contribution is 7.90. The lowest BCUT2D eigenvalue weighted by molar-refractivity contribution is -0.140. The van der Waals surface area contributed by atoms with Gasteiger partial charge >= 0.3 is 18.4 Å². The first-order valence-corrected chi connectivity index (χ1v) is 14.5. The second kappa shape index (κ2) is 11.1. The number of allylic oxidation sites excluding steroid dienone is 1. The molecule has 1 aromatic heterocycles. The standard InChI is InChI=1S/C28H23F6N5O4S/c1-26(2)24(40)39(20-8-9-23(44(3,42)43)22(13-20)28(32,33)34)25(41)38(26)11-5-4-10-37-16-19(15-36-37)17-6-7-18(14-35)21(12-17)27(29,30)31/h4-9,12-13,15-16H,10-11H2,1-3H3. The van der Waals surface area contributed by atoms with Crippen LogP contribution in [0.4, 0.5) is 36.8 Å². The molecule has 0 aliphatic carbocycles. The highest BCUT2D eigenvalue weighted by Crippen LogP contribution is 2.39. The maximum Gasteiger partial charge on any atom is 0.417 e. The summed E-state index contributed by atoms with van der Waals surface area (Å²) in [6.07, 6.45) is -3.31. The lowest BCUT2D eigenvalue weighted by Crippen LogP contribution is -2.44. The van der Waals surface area contributed by atoms with Crippen LogP contribution in [0.2, 0.25) is 0 Å². The maximum absolute atomic E-state index is 13.7. The number of amides is 3. The molecule has 1 aliphatic heterocycles. The number of urea groups is 1. The van der Waals surface area contributed by atoms with Gasteiger partial charge in [0.05, 0.1) is 46.1 Å². The second-order valence-corrected chi connectivity index (χ2v) is 12.3. The SMILES string of the molecule is CC1(C)C(=O)N(c2ccc(S(C)(=O)=O)c(C(F)(F)F)c2)C(=O)N1CC=CCn1cc(-c2ccc(C#N)c(C(F)(F)F)c2)cn1. The summed E-state index contributed by atoms with van der Waals surface area (Å²) in [5.41, 5.74) is -4.48. The molecule has 0 radical (unpaired) electrons. The minimum absolute atomic E-state index is 0.115. The molecule has 16 heteroatoms. The Morgan fingerprint density at radius 2 is 1.57 bits per heavy atom. The first-order chi connectivity index (χ1) is 20.3. The fourth-order valence-corrected chi connectivity index (χ4v) is 5.49. The van der Waals surface area contributed by atoms with E-state index in [9.17, 15) is 44.3 Å². The van der Waals surface area contributed by atoms with Crippen molar-refractivity contribution in [1.29, 1.82) is 5.26 Å². The molecule has 4 rings (SSSR count). The van der Waals surface area contributed by atoms with Crippen LogP contribution in [-0.2, 0) is 33.5 Å². The largest absolute Gasteiger partial charge is 0.417 e. The number of benzene rings is 2. The molecule has 0 spiro atoms. The quantitative estimate of drug-likeness (QED) is 0.187. The maximum atomic E-state index is 13.7. The minimum Gasteiger partial charge on any atom is -0.306 e. The Balaban J connectivity index is 1.51. The van der Waals surface area contributed by atoms with Crippen LogP contribution in [0.1, 0.15) is 30.5 Å². The summed E-state index contributed by atoms with van der Waals surface area (Å²) in [6, 6.07) is 5.97. The van der Waals surface area contributed by atoms with Crippen molar-refractivity contribution in [3.63, 3.8) is 0 Å². The first kappa shape index (κ1) is 32.3. The number of alkyl halides is 6. The summed E-state index contributed by atoms with van der Waals surface area (Å²) < 4.78 is 106. The minimum atomic E-state index is -5.08. The van der Waals surface area contributed by atoms with Crippen molar-refractivity contribution >= 4 is 27.5 Å². The van der Waals surface area contributed by atoms with Crippen molar-refractivity contribution < 1.29 is 44.3 Å². The van der Waals surface area contributed by atoms with E-state index in [0.29, 0.717) is 28.9 Å². The first-order valence-electron chi connectivity index (χ1n) is 12.6. The van der Waals surface area contributed by atoms with E-state index in [1.54, 1.807) is 6.08 Å². The number of nitriles is 1. The van der Waals surface area contributed by atoms with Crippen molar-refractivity contribution in [2.75, 3.05) is 17.7 Å². The molecule has 0 bridgehead atoms. The van der Waals surface area contributed by atoms with Gasteiger partial charge in [-0.05, 0) is 49.7 Å². The van der Waals surface area contributed by atoms with E-state index < -0.39 is 66.9 Å². The molecule has 0 N–H and O–H groups in total. The Labute approximate surface area is 247 Å². The number of rotatable bonds is 7. The average molecular weight is 640 g/mol. The van der Waals surface area contributed by atoms with E-state index in [4.69, 9.17) is 5.26 Å². The van der Waals surface area contributed by atoms with Gasteiger partial charge in [-0.25, -0.2) is 18.1 Å². The van der Waals surface area contributed by atoms with Gasteiger partial charge in [0, 0.05) is 24.6 Å². The molecule has 3 amide bonds. The predicted molar refractivity (Wildman–Crippen MR) is 145 cm³/mol. The lowest BCUT2D eigenvalue weighted by atomic mass is 10.0. The van der Waals surface area contributed by atoms with Crippen molar-refractivity contribution in [1.82, 2.24) is 14.7 Å². The summed E-state index contributed by atoms with van der Waals surface area (Å²) in [6.45, 7) is 2.79. The fraction of sp³-hybridized carbons (Fsp3) is 0.286. The normalized spacial score (nSPS) is 15.8. The van der Waals surface area contributed by atoms with Crippen LogP contribution in [-0.4, -0.2) is 53.4 Å². The molecule has 1 fully saturated rings. The third kappa shape index (κ3) is 6.18. The monoisotopic (exact) mass is 639 g/mol. The third-order valence-electron chi connectivity index (χ3n) is 6.91. The van der Waals surface area contributed by atoms with Crippen molar-refractivity contribution in [3.8, 4) is 17.2 Å². The van der Waals surface area contributed by atoms with Crippen LogP contribution < -0.4 is 4.90 Å². The molecule has 3 aromatic rings. The Kier molecular flexibility index (Phi) is 8.16. The molecule has 1 saturated heterocycles. The molecular weight excluding hydrogens is 616 g/mol. The van der Waals surface area contributed by atoms with Crippen LogP contribution >= 0.6 is 0 Å². The number of hydrogen-bond acceptors (Lipinski definition) is 6. The number of carbonyl (C=O) groups excluding carboxylic acids is 2. The van der Waals surface area contributed by atoms with Gasteiger partial charge in [0.1, 0.15) is 5.54 Å². The summed E-state index contributed by atoms with van der Waals surface area (Å²) in [5.74, 6) is -0.825. The van der Waals surface area contributed by atoms with E-state index >= 15 is 0 Å². The number of hydrogen-bond donors (Lipinski definition) is 0. The van der Waals surface area contributed by atoms with E-state index in [1.165, 1.54) is 49.1 Å². The number of anilines is 1. The van der Waals surface area contributed by atoms with E-state index in [2.05, 4.69) is 5.10 Å². The van der Waals surface area contributed by atoms with Gasteiger partial charge in [0.25, 0.3) is 5.91 Å².